The molecule has 0 atom stereocenters. The van der Waals surface area contributed by atoms with Gasteiger partial charge in [-0.05, 0) is 44.5 Å². The second-order valence-electron chi connectivity index (χ2n) is 5.96. The van der Waals surface area contributed by atoms with Gasteiger partial charge < -0.3 is 4.90 Å². The number of aromatic nitrogens is 1. The lowest BCUT2D eigenvalue weighted by Crippen LogP contribution is -2.31. The van der Waals surface area contributed by atoms with Crippen molar-refractivity contribution in [2.24, 2.45) is 0 Å². The largest absolute Gasteiger partial charge is 0.339 e. The first-order chi connectivity index (χ1) is 12.1. The third kappa shape index (κ3) is 3.24. The lowest BCUT2D eigenvalue weighted by Gasteiger charge is -2.22. The minimum absolute atomic E-state index is 0.0521. The Kier molecular flexibility index (Phi) is 5.05. The van der Waals surface area contributed by atoms with Crippen LogP contribution in [0.4, 0.5) is 0 Å². The Balaban J connectivity index is 2.29. The summed E-state index contributed by atoms with van der Waals surface area (Å²) in [6.07, 6.45) is 0. The zero-order valence-electron chi connectivity index (χ0n) is 14.7. The molecule has 0 aliphatic rings. The highest BCUT2D eigenvalue weighted by molar-refractivity contribution is 6.30. The summed E-state index contributed by atoms with van der Waals surface area (Å²) in [7, 11) is 0. The number of fused-ring (bicyclic) bond motifs is 1. The lowest BCUT2D eigenvalue weighted by atomic mass is 9.97. The Bertz CT molecular complexity index is 915. The standard InChI is InChI=1S/C21H21ClN2O/c1-4-24(5-2)21(25)19-14(3)20(15-10-12-16(22)13-11-15)23-18-9-7-6-8-17(18)19/h6-13H,4-5H2,1-3H3. The third-order valence-corrected chi connectivity index (χ3v) is 4.77. The van der Waals surface area contributed by atoms with Gasteiger partial charge in [0.05, 0.1) is 16.8 Å². The Morgan fingerprint density at radius 1 is 1.04 bits per heavy atom. The van der Waals surface area contributed by atoms with Gasteiger partial charge in [-0.2, -0.15) is 0 Å². The van der Waals surface area contributed by atoms with Crippen molar-refractivity contribution in [3.05, 3.63) is 64.7 Å². The number of hydrogen-bond acceptors (Lipinski definition) is 2. The number of hydrogen-bond donors (Lipinski definition) is 0. The maximum atomic E-state index is 13.2. The summed E-state index contributed by atoms with van der Waals surface area (Å²) < 4.78 is 0. The van der Waals surface area contributed by atoms with E-state index in [1.807, 2.05) is 74.2 Å². The van der Waals surface area contributed by atoms with Crippen LogP contribution in [0.3, 0.4) is 0 Å². The minimum atomic E-state index is 0.0521. The molecule has 0 aliphatic heterocycles. The molecule has 3 nitrogen and oxygen atoms in total. The van der Waals surface area contributed by atoms with Gasteiger partial charge in [-0.3, -0.25) is 4.79 Å². The van der Waals surface area contributed by atoms with Crippen molar-refractivity contribution < 1.29 is 4.79 Å². The molecule has 3 rings (SSSR count). The van der Waals surface area contributed by atoms with E-state index >= 15 is 0 Å². The molecule has 3 aromatic rings. The number of halogens is 1. The molecule has 0 N–H and O–H groups in total. The van der Waals surface area contributed by atoms with Crippen molar-refractivity contribution in [1.82, 2.24) is 9.88 Å². The molecule has 1 aromatic heterocycles. The number of amides is 1. The van der Waals surface area contributed by atoms with Gasteiger partial charge in [0.25, 0.3) is 5.91 Å². The molecule has 0 saturated heterocycles. The van der Waals surface area contributed by atoms with E-state index in [0.717, 1.165) is 33.3 Å². The minimum Gasteiger partial charge on any atom is -0.339 e. The molecular weight excluding hydrogens is 332 g/mol. The zero-order chi connectivity index (χ0) is 18.0. The number of carbonyl (C=O) groups excluding carboxylic acids is 1. The van der Waals surface area contributed by atoms with Crippen molar-refractivity contribution >= 4 is 28.4 Å². The predicted octanol–water partition coefficient (Wildman–Crippen LogP) is 5.35. The fourth-order valence-corrected chi connectivity index (χ4v) is 3.27. The van der Waals surface area contributed by atoms with Crippen LogP contribution >= 0.6 is 11.6 Å². The molecule has 25 heavy (non-hydrogen) atoms. The summed E-state index contributed by atoms with van der Waals surface area (Å²) in [5.74, 6) is 0.0521. The molecule has 0 fully saturated rings. The van der Waals surface area contributed by atoms with E-state index in [0.29, 0.717) is 18.1 Å². The lowest BCUT2D eigenvalue weighted by molar-refractivity contribution is 0.0774. The smallest absolute Gasteiger partial charge is 0.254 e. The molecule has 0 spiro atoms. The van der Waals surface area contributed by atoms with E-state index in [2.05, 4.69) is 0 Å². The van der Waals surface area contributed by atoms with Crippen molar-refractivity contribution in [1.29, 1.82) is 0 Å². The van der Waals surface area contributed by atoms with Crippen molar-refractivity contribution in [3.8, 4) is 11.3 Å². The number of rotatable bonds is 4. The number of benzene rings is 2. The quantitative estimate of drug-likeness (QED) is 0.634. The third-order valence-electron chi connectivity index (χ3n) is 4.52. The predicted molar refractivity (Wildman–Crippen MR) is 104 cm³/mol. The summed E-state index contributed by atoms with van der Waals surface area (Å²) >= 11 is 6.01. The Hall–Kier alpha value is -2.39. The molecule has 128 valence electrons. The van der Waals surface area contributed by atoms with Crippen LogP contribution in [0.15, 0.2) is 48.5 Å². The number of nitrogens with zero attached hydrogens (tertiary/aromatic N) is 2. The highest BCUT2D eigenvalue weighted by Gasteiger charge is 2.21. The summed E-state index contributed by atoms with van der Waals surface area (Å²) in [5, 5.41) is 1.58. The zero-order valence-corrected chi connectivity index (χ0v) is 15.5. The Morgan fingerprint density at radius 2 is 1.68 bits per heavy atom. The monoisotopic (exact) mass is 352 g/mol. The molecule has 0 radical (unpaired) electrons. The van der Waals surface area contributed by atoms with Crippen LogP contribution in [-0.2, 0) is 0 Å². The summed E-state index contributed by atoms with van der Waals surface area (Å²) in [4.78, 5) is 19.8. The van der Waals surface area contributed by atoms with Crippen LogP contribution in [0, 0.1) is 6.92 Å². The van der Waals surface area contributed by atoms with Gasteiger partial charge in [0.2, 0.25) is 0 Å². The normalized spacial score (nSPS) is 10.9. The summed E-state index contributed by atoms with van der Waals surface area (Å²) in [5.41, 5.74) is 4.25. The number of pyridine rings is 1. The number of carbonyl (C=O) groups is 1. The molecule has 1 heterocycles. The molecule has 1 amide bonds. The molecule has 2 aromatic carbocycles. The van der Waals surface area contributed by atoms with Crippen LogP contribution in [0.2, 0.25) is 5.02 Å². The van der Waals surface area contributed by atoms with Crippen LogP contribution in [0.25, 0.3) is 22.2 Å². The number of para-hydroxylation sites is 1. The van der Waals surface area contributed by atoms with E-state index in [4.69, 9.17) is 16.6 Å². The van der Waals surface area contributed by atoms with Crippen molar-refractivity contribution in [2.45, 2.75) is 20.8 Å². The van der Waals surface area contributed by atoms with Gasteiger partial charge in [-0.1, -0.05) is 41.9 Å². The fraction of sp³-hybridized carbons (Fsp3) is 0.238. The van der Waals surface area contributed by atoms with Gasteiger partial charge in [0.15, 0.2) is 0 Å². The van der Waals surface area contributed by atoms with Gasteiger partial charge in [0, 0.05) is 29.1 Å². The van der Waals surface area contributed by atoms with E-state index in [-0.39, 0.29) is 5.91 Å². The second kappa shape index (κ2) is 7.24. The molecule has 0 unspecified atom stereocenters. The average molecular weight is 353 g/mol. The van der Waals surface area contributed by atoms with E-state index in [1.54, 1.807) is 0 Å². The van der Waals surface area contributed by atoms with E-state index < -0.39 is 0 Å². The topological polar surface area (TPSA) is 33.2 Å². The highest BCUT2D eigenvalue weighted by atomic mass is 35.5. The van der Waals surface area contributed by atoms with Crippen LogP contribution in [0.1, 0.15) is 29.8 Å². The van der Waals surface area contributed by atoms with Crippen LogP contribution < -0.4 is 0 Å². The Morgan fingerprint density at radius 3 is 2.32 bits per heavy atom. The maximum Gasteiger partial charge on any atom is 0.254 e. The fourth-order valence-electron chi connectivity index (χ4n) is 3.14. The van der Waals surface area contributed by atoms with Gasteiger partial charge in [-0.15, -0.1) is 0 Å². The first-order valence-electron chi connectivity index (χ1n) is 8.51. The molecule has 0 bridgehead atoms. The summed E-state index contributed by atoms with van der Waals surface area (Å²) in [6.45, 7) is 7.34. The maximum absolute atomic E-state index is 13.2. The molecule has 4 heteroatoms. The van der Waals surface area contributed by atoms with Gasteiger partial charge in [0.1, 0.15) is 0 Å². The van der Waals surface area contributed by atoms with Crippen LogP contribution in [-0.4, -0.2) is 28.9 Å². The van der Waals surface area contributed by atoms with Crippen LogP contribution in [0.5, 0.6) is 0 Å². The molecular formula is C21H21ClN2O. The average Bonchev–Trinajstić information content (AvgIpc) is 2.63. The second-order valence-corrected chi connectivity index (χ2v) is 6.40. The first kappa shape index (κ1) is 17.4. The van der Waals surface area contributed by atoms with Crippen molar-refractivity contribution in [2.75, 3.05) is 13.1 Å². The Labute approximate surface area is 153 Å². The van der Waals surface area contributed by atoms with E-state index in [9.17, 15) is 4.79 Å². The SMILES string of the molecule is CCN(CC)C(=O)c1c(C)c(-c2ccc(Cl)cc2)nc2ccccc12. The summed E-state index contributed by atoms with van der Waals surface area (Å²) in [6, 6.07) is 15.4. The van der Waals surface area contributed by atoms with E-state index in [1.165, 1.54) is 0 Å². The highest BCUT2D eigenvalue weighted by Crippen LogP contribution is 2.31. The first-order valence-corrected chi connectivity index (χ1v) is 8.89. The molecule has 0 aliphatic carbocycles. The molecule has 0 saturated carbocycles. The van der Waals surface area contributed by atoms with Gasteiger partial charge in [-0.25, -0.2) is 4.98 Å². The van der Waals surface area contributed by atoms with Gasteiger partial charge >= 0.3 is 0 Å². The van der Waals surface area contributed by atoms with Crippen molar-refractivity contribution in [3.63, 3.8) is 0 Å².